The normalized spacial score (nSPS) is 15.5. The maximum absolute atomic E-state index is 5.68. The van der Waals surface area contributed by atoms with Crippen LogP contribution in [0.15, 0.2) is 18.2 Å². The van der Waals surface area contributed by atoms with Crippen LogP contribution in [-0.2, 0) is 0 Å². The third-order valence-electron chi connectivity index (χ3n) is 1.96. The molecule has 0 spiro atoms. The molecular formula is C9H14N2S2. The molecule has 0 aliphatic rings. The first-order valence-electron chi connectivity index (χ1n) is 4.00. The molecule has 4 N–H and O–H groups in total. The predicted molar refractivity (Wildman–Crippen MR) is 63.0 cm³/mol. The van der Waals surface area contributed by atoms with Crippen LogP contribution in [-0.4, -0.2) is 0 Å². The standard InChI is InChI=1S/C9H14N2S2/c1-5-2-3-6(8(10)12)4-7(5)9(11)13/h2-4,8-9,12-13H,10-11H2,1H3. The Morgan fingerprint density at radius 3 is 2.23 bits per heavy atom. The van der Waals surface area contributed by atoms with E-state index in [0.717, 1.165) is 16.7 Å². The molecule has 1 rings (SSSR count). The largest absolute Gasteiger partial charge is 0.316 e. The average molecular weight is 214 g/mol. The molecule has 0 saturated heterocycles. The van der Waals surface area contributed by atoms with Gasteiger partial charge in [0.2, 0.25) is 0 Å². The summed E-state index contributed by atoms with van der Waals surface area (Å²) >= 11 is 8.33. The second-order valence-electron chi connectivity index (χ2n) is 3.01. The van der Waals surface area contributed by atoms with E-state index in [0.29, 0.717) is 0 Å². The molecule has 0 heterocycles. The zero-order chi connectivity index (χ0) is 10.0. The van der Waals surface area contributed by atoms with Gasteiger partial charge < -0.3 is 11.5 Å². The number of thiol groups is 2. The molecule has 0 aromatic heterocycles. The topological polar surface area (TPSA) is 52.0 Å². The Hall–Kier alpha value is -0.160. The highest BCUT2D eigenvalue weighted by Crippen LogP contribution is 2.23. The van der Waals surface area contributed by atoms with Gasteiger partial charge in [-0.3, -0.25) is 0 Å². The first kappa shape index (κ1) is 10.9. The minimum absolute atomic E-state index is 0.257. The second kappa shape index (κ2) is 4.37. The molecule has 0 aliphatic heterocycles. The van der Waals surface area contributed by atoms with Gasteiger partial charge in [-0.05, 0) is 23.6 Å². The molecule has 0 aliphatic carbocycles. The Balaban J connectivity index is 3.11. The Kier molecular flexibility index (Phi) is 3.67. The van der Waals surface area contributed by atoms with Gasteiger partial charge in [0.1, 0.15) is 0 Å². The summed E-state index contributed by atoms with van der Waals surface area (Å²) in [6.45, 7) is 2.00. The van der Waals surface area contributed by atoms with Crippen LogP contribution in [0.5, 0.6) is 0 Å². The maximum Gasteiger partial charge on any atom is 0.0737 e. The Labute approximate surface area is 89.5 Å². The summed E-state index contributed by atoms with van der Waals surface area (Å²) in [5.41, 5.74) is 14.4. The van der Waals surface area contributed by atoms with Crippen molar-refractivity contribution in [2.75, 3.05) is 0 Å². The molecule has 1 aromatic rings. The van der Waals surface area contributed by atoms with Crippen LogP contribution >= 0.6 is 25.3 Å². The van der Waals surface area contributed by atoms with E-state index in [1.165, 1.54) is 0 Å². The minimum atomic E-state index is -0.258. The Bertz CT molecular complexity index is 298. The zero-order valence-electron chi connectivity index (χ0n) is 7.44. The van der Waals surface area contributed by atoms with Crippen LogP contribution in [0.4, 0.5) is 0 Å². The van der Waals surface area contributed by atoms with Crippen molar-refractivity contribution >= 4 is 25.3 Å². The van der Waals surface area contributed by atoms with E-state index in [-0.39, 0.29) is 10.7 Å². The number of aryl methyl sites for hydroxylation is 1. The van der Waals surface area contributed by atoms with Gasteiger partial charge in [-0.2, -0.15) is 25.3 Å². The van der Waals surface area contributed by atoms with Crippen LogP contribution in [0.25, 0.3) is 0 Å². The first-order chi connectivity index (χ1) is 6.02. The van der Waals surface area contributed by atoms with Crippen molar-refractivity contribution in [3.63, 3.8) is 0 Å². The lowest BCUT2D eigenvalue weighted by Crippen LogP contribution is -2.08. The van der Waals surface area contributed by atoms with E-state index >= 15 is 0 Å². The summed E-state index contributed by atoms with van der Waals surface area (Å²) in [5.74, 6) is 0. The number of hydrogen-bond acceptors (Lipinski definition) is 4. The molecule has 72 valence electrons. The van der Waals surface area contributed by atoms with E-state index in [2.05, 4.69) is 25.3 Å². The summed E-state index contributed by atoms with van der Waals surface area (Å²) in [6.07, 6.45) is 0. The van der Waals surface area contributed by atoms with Crippen molar-refractivity contribution in [3.8, 4) is 0 Å². The lowest BCUT2D eigenvalue weighted by Gasteiger charge is -2.12. The van der Waals surface area contributed by atoms with Crippen molar-refractivity contribution in [1.82, 2.24) is 0 Å². The van der Waals surface area contributed by atoms with E-state index in [9.17, 15) is 0 Å². The smallest absolute Gasteiger partial charge is 0.0737 e. The molecular weight excluding hydrogens is 200 g/mol. The van der Waals surface area contributed by atoms with Gasteiger partial charge >= 0.3 is 0 Å². The molecule has 13 heavy (non-hydrogen) atoms. The second-order valence-corrected chi connectivity index (χ2v) is 4.12. The van der Waals surface area contributed by atoms with Gasteiger partial charge in [0.05, 0.1) is 10.7 Å². The van der Waals surface area contributed by atoms with Crippen molar-refractivity contribution in [1.29, 1.82) is 0 Å². The average Bonchev–Trinajstić information content (AvgIpc) is 2.04. The quantitative estimate of drug-likeness (QED) is 0.448. The molecule has 0 radical (unpaired) electrons. The molecule has 0 fully saturated rings. The van der Waals surface area contributed by atoms with Gasteiger partial charge in [0, 0.05) is 0 Å². The predicted octanol–water partition coefficient (Wildman–Crippen LogP) is 1.77. The molecule has 0 saturated carbocycles. The summed E-state index contributed by atoms with van der Waals surface area (Å²) in [7, 11) is 0. The first-order valence-corrected chi connectivity index (χ1v) is 5.03. The lowest BCUT2D eigenvalue weighted by atomic mass is 10.0. The van der Waals surface area contributed by atoms with Gasteiger partial charge in [-0.25, -0.2) is 0 Å². The third kappa shape index (κ3) is 2.64. The SMILES string of the molecule is Cc1ccc(C(N)S)cc1C(N)S. The Morgan fingerprint density at radius 1 is 1.15 bits per heavy atom. The van der Waals surface area contributed by atoms with Crippen LogP contribution in [0, 0.1) is 6.92 Å². The highest BCUT2D eigenvalue weighted by molar-refractivity contribution is 7.80. The number of hydrogen-bond donors (Lipinski definition) is 4. The summed E-state index contributed by atoms with van der Waals surface area (Å²) < 4.78 is 0. The zero-order valence-corrected chi connectivity index (χ0v) is 9.22. The van der Waals surface area contributed by atoms with E-state index in [1.54, 1.807) is 0 Å². The Morgan fingerprint density at radius 2 is 1.77 bits per heavy atom. The third-order valence-corrected chi connectivity index (χ3v) is 2.54. The van der Waals surface area contributed by atoms with Gasteiger partial charge in [0.25, 0.3) is 0 Å². The highest BCUT2D eigenvalue weighted by Gasteiger charge is 2.07. The van der Waals surface area contributed by atoms with Crippen LogP contribution < -0.4 is 11.5 Å². The fourth-order valence-corrected chi connectivity index (χ4v) is 1.60. The maximum atomic E-state index is 5.68. The molecule has 4 heteroatoms. The van der Waals surface area contributed by atoms with E-state index < -0.39 is 0 Å². The molecule has 0 bridgehead atoms. The summed E-state index contributed by atoms with van der Waals surface area (Å²) in [6, 6.07) is 5.88. The monoisotopic (exact) mass is 214 g/mol. The van der Waals surface area contributed by atoms with Crippen LogP contribution in [0.3, 0.4) is 0 Å². The molecule has 2 nitrogen and oxygen atoms in total. The van der Waals surface area contributed by atoms with E-state index in [4.69, 9.17) is 11.5 Å². The number of benzene rings is 1. The molecule has 2 unspecified atom stereocenters. The van der Waals surface area contributed by atoms with Gasteiger partial charge in [-0.1, -0.05) is 18.2 Å². The van der Waals surface area contributed by atoms with Crippen molar-refractivity contribution < 1.29 is 0 Å². The fraction of sp³-hybridized carbons (Fsp3) is 0.333. The highest BCUT2D eigenvalue weighted by atomic mass is 32.1. The van der Waals surface area contributed by atoms with E-state index in [1.807, 2.05) is 25.1 Å². The number of nitrogens with two attached hydrogens (primary N) is 2. The van der Waals surface area contributed by atoms with Crippen LogP contribution in [0.2, 0.25) is 0 Å². The minimum Gasteiger partial charge on any atom is -0.316 e. The molecule has 2 atom stereocenters. The van der Waals surface area contributed by atoms with Crippen molar-refractivity contribution in [2.45, 2.75) is 17.7 Å². The number of rotatable bonds is 2. The summed E-state index contributed by atoms with van der Waals surface area (Å²) in [4.78, 5) is 0. The van der Waals surface area contributed by atoms with Gasteiger partial charge in [-0.15, -0.1) is 0 Å². The van der Waals surface area contributed by atoms with Gasteiger partial charge in [0.15, 0.2) is 0 Å². The fourth-order valence-electron chi connectivity index (χ4n) is 1.16. The lowest BCUT2D eigenvalue weighted by molar-refractivity contribution is 0.987. The van der Waals surface area contributed by atoms with Crippen molar-refractivity contribution in [3.05, 3.63) is 34.9 Å². The molecule has 0 amide bonds. The van der Waals surface area contributed by atoms with Crippen LogP contribution in [0.1, 0.15) is 27.4 Å². The summed E-state index contributed by atoms with van der Waals surface area (Å²) in [5, 5.41) is -0.515. The molecule has 1 aromatic carbocycles. The van der Waals surface area contributed by atoms with Crippen molar-refractivity contribution in [2.24, 2.45) is 11.5 Å².